The van der Waals surface area contributed by atoms with Crippen molar-refractivity contribution < 1.29 is 4.79 Å². The molecule has 2 aliphatic heterocycles. The van der Waals surface area contributed by atoms with Crippen molar-refractivity contribution in [3.8, 4) is 22.4 Å². The molecule has 0 radical (unpaired) electrons. The van der Waals surface area contributed by atoms with Gasteiger partial charge in [-0.15, -0.1) is 5.10 Å². The zero-order chi connectivity index (χ0) is 26.3. The molecular formula is C28H28N10O. The molecule has 196 valence electrons. The smallest absolute Gasteiger partial charge is 0.294 e. The van der Waals surface area contributed by atoms with Crippen LogP contribution in [0, 0.1) is 5.92 Å². The fourth-order valence-corrected chi connectivity index (χ4v) is 6.07. The number of rotatable bonds is 5. The Morgan fingerprint density at radius 1 is 1.00 bits per heavy atom. The third-order valence-electron chi connectivity index (χ3n) is 7.79. The Balaban J connectivity index is 1.13. The fourth-order valence-electron chi connectivity index (χ4n) is 6.07. The number of hydrogen-bond acceptors (Lipinski definition) is 8. The van der Waals surface area contributed by atoms with Crippen LogP contribution in [-0.4, -0.2) is 70.7 Å². The lowest BCUT2D eigenvalue weighted by Gasteiger charge is -2.48. The lowest BCUT2D eigenvalue weighted by Crippen LogP contribution is -2.63. The maximum absolute atomic E-state index is 13.1. The van der Waals surface area contributed by atoms with Crippen molar-refractivity contribution in [2.24, 2.45) is 5.92 Å². The Bertz CT molecular complexity index is 1600. The molecular weight excluding hydrogens is 492 g/mol. The number of anilines is 1. The highest BCUT2D eigenvalue weighted by Crippen LogP contribution is 2.34. The largest absolute Gasteiger partial charge is 0.384 e. The van der Waals surface area contributed by atoms with Crippen LogP contribution in [0.3, 0.4) is 0 Å². The number of nitrogens with two attached hydrogens (primary N) is 1. The molecule has 11 heteroatoms. The fraction of sp³-hybridized carbons (Fsp3) is 0.286. The summed E-state index contributed by atoms with van der Waals surface area (Å²) in [7, 11) is 0. The summed E-state index contributed by atoms with van der Waals surface area (Å²) in [5, 5.41) is 14.6. The Hall–Kier alpha value is -4.64. The molecule has 5 aromatic rings. The van der Waals surface area contributed by atoms with Crippen molar-refractivity contribution >= 4 is 17.4 Å². The second-order valence-electron chi connectivity index (χ2n) is 10.3. The van der Waals surface area contributed by atoms with Crippen LogP contribution >= 0.6 is 0 Å². The quantitative estimate of drug-likeness (QED) is 0.321. The Kier molecular flexibility index (Phi) is 5.77. The van der Waals surface area contributed by atoms with Gasteiger partial charge in [0.1, 0.15) is 12.1 Å². The average Bonchev–Trinajstić information content (AvgIpc) is 3.64. The second kappa shape index (κ2) is 9.59. The van der Waals surface area contributed by atoms with Gasteiger partial charge in [-0.1, -0.05) is 36.4 Å². The Labute approximate surface area is 224 Å². The molecule has 7 rings (SSSR count). The first-order valence-corrected chi connectivity index (χ1v) is 13.2. The highest BCUT2D eigenvalue weighted by molar-refractivity contribution is 5.91. The van der Waals surface area contributed by atoms with E-state index in [4.69, 9.17) is 10.7 Å². The highest BCUT2D eigenvalue weighted by Gasteiger charge is 2.42. The highest BCUT2D eigenvalue weighted by atomic mass is 16.2. The van der Waals surface area contributed by atoms with E-state index in [1.165, 1.54) is 6.33 Å². The van der Waals surface area contributed by atoms with Crippen molar-refractivity contribution in [3.63, 3.8) is 0 Å². The van der Waals surface area contributed by atoms with Crippen LogP contribution in [0.4, 0.5) is 5.82 Å². The molecule has 1 aromatic carbocycles. The Morgan fingerprint density at radius 3 is 2.54 bits per heavy atom. The molecule has 2 bridgehead atoms. The number of nitrogens with zero attached hydrogens (tertiary/aromatic N) is 7. The van der Waals surface area contributed by atoms with Gasteiger partial charge in [0.25, 0.3) is 5.91 Å². The van der Waals surface area contributed by atoms with Crippen LogP contribution in [0.2, 0.25) is 0 Å². The third kappa shape index (κ3) is 4.30. The van der Waals surface area contributed by atoms with E-state index in [1.54, 1.807) is 10.7 Å². The first-order chi connectivity index (χ1) is 19.1. The van der Waals surface area contributed by atoms with Gasteiger partial charge in [-0.25, -0.2) is 9.97 Å². The van der Waals surface area contributed by atoms with E-state index >= 15 is 0 Å². The van der Waals surface area contributed by atoms with E-state index in [-0.39, 0.29) is 23.8 Å². The zero-order valence-corrected chi connectivity index (χ0v) is 21.2. The number of fused-ring (bicyclic) bond motifs is 3. The van der Waals surface area contributed by atoms with Gasteiger partial charge in [-0.2, -0.15) is 9.61 Å². The van der Waals surface area contributed by atoms with Gasteiger partial charge in [-0.3, -0.25) is 14.9 Å². The molecule has 0 aliphatic carbocycles. The summed E-state index contributed by atoms with van der Waals surface area (Å²) in [5.74, 6) is 1.05. The van der Waals surface area contributed by atoms with Crippen molar-refractivity contribution in [1.29, 1.82) is 0 Å². The number of nitrogens with one attached hydrogen (secondary N) is 2. The van der Waals surface area contributed by atoms with Crippen LogP contribution in [-0.2, 0) is 6.42 Å². The minimum Gasteiger partial charge on any atom is -0.384 e. The van der Waals surface area contributed by atoms with Crippen LogP contribution in [0.1, 0.15) is 29.2 Å². The SMILES string of the molecule is Nc1cc(CC2CC3CNCC(C2)N3C(=O)c2nc[nH]n2)nc2c(-c3ccc(-c4ccccc4)nc3)cnn12. The number of amides is 1. The molecule has 2 unspecified atom stereocenters. The predicted octanol–water partition coefficient (Wildman–Crippen LogP) is 2.59. The van der Waals surface area contributed by atoms with Crippen molar-refractivity contribution in [1.82, 2.24) is 45.0 Å². The zero-order valence-electron chi connectivity index (χ0n) is 21.2. The molecule has 2 aliphatic rings. The third-order valence-corrected chi connectivity index (χ3v) is 7.79. The number of piperidine rings is 1. The number of aromatic amines is 1. The summed E-state index contributed by atoms with van der Waals surface area (Å²) in [6, 6.07) is 16.3. The normalized spacial score (nSPS) is 20.8. The summed E-state index contributed by atoms with van der Waals surface area (Å²) in [5.41, 5.74) is 11.9. The number of H-pyrrole nitrogens is 1. The summed E-state index contributed by atoms with van der Waals surface area (Å²) < 4.78 is 1.68. The molecule has 2 saturated heterocycles. The maximum atomic E-state index is 13.1. The Morgan fingerprint density at radius 2 is 1.82 bits per heavy atom. The van der Waals surface area contributed by atoms with E-state index in [0.717, 1.165) is 66.1 Å². The van der Waals surface area contributed by atoms with Gasteiger partial charge in [0, 0.05) is 59.8 Å². The van der Waals surface area contributed by atoms with Gasteiger partial charge in [-0.05, 0) is 31.2 Å². The summed E-state index contributed by atoms with van der Waals surface area (Å²) >= 11 is 0. The molecule has 4 N–H and O–H groups in total. The first-order valence-electron chi connectivity index (χ1n) is 13.2. The van der Waals surface area contributed by atoms with Gasteiger partial charge < -0.3 is 16.0 Å². The summed E-state index contributed by atoms with van der Waals surface area (Å²) in [6.07, 6.45) is 7.64. The number of piperazine rings is 1. The molecule has 4 aromatic heterocycles. The number of nitrogen functional groups attached to an aromatic ring is 1. The molecule has 39 heavy (non-hydrogen) atoms. The molecule has 1 amide bonds. The number of aromatic nitrogens is 7. The van der Waals surface area contributed by atoms with Gasteiger partial charge in [0.15, 0.2) is 5.65 Å². The van der Waals surface area contributed by atoms with Crippen LogP contribution in [0.5, 0.6) is 0 Å². The predicted molar refractivity (Wildman–Crippen MR) is 145 cm³/mol. The van der Waals surface area contributed by atoms with Crippen LogP contribution < -0.4 is 11.1 Å². The molecule has 2 atom stereocenters. The van der Waals surface area contributed by atoms with E-state index in [9.17, 15) is 4.79 Å². The second-order valence-corrected chi connectivity index (χ2v) is 10.3. The van der Waals surface area contributed by atoms with Crippen LogP contribution in [0.15, 0.2) is 67.3 Å². The van der Waals surface area contributed by atoms with Crippen molar-refractivity contribution in [3.05, 3.63) is 78.8 Å². The number of carbonyl (C=O) groups is 1. The lowest BCUT2D eigenvalue weighted by molar-refractivity contribution is 0.0199. The minimum absolute atomic E-state index is 0.0920. The maximum Gasteiger partial charge on any atom is 0.294 e. The summed E-state index contributed by atoms with van der Waals surface area (Å²) in [6.45, 7) is 1.52. The average molecular weight is 521 g/mol. The molecule has 2 fully saturated rings. The van der Waals surface area contributed by atoms with Crippen molar-refractivity contribution in [2.45, 2.75) is 31.3 Å². The standard InChI is InChI=1S/C28H28N10O/c29-25-11-20(8-17-9-21-13-30-14-22(10-17)37(21)28(39)26-32-16-33-36-26)35-27-23(15-34-38(25)27)19-6-7-24(31-12-19)18-4-2-1-3-5-18/h1-7,11-12,15-17,21-22,30H,8-10,13-14,29H2,(H,32,33,36). The molecule has 0 saturated carbocycles. The van der Waals surface area contributed by atoms with Gasteiger partial charge in [0.05, 0.1) is 11.9 Å². The van der Waals surface area contributed by atoms with E-state index in [1.807, 2.05) is 59.6 Å². The number of hydrogen-bond donors (Lipinski definition) is 3. The number of benzene rings is 1. The minimum atomic E-state index is -0.106. The monoisotopic (exact) mass is 520 g/mol. The van der Waals surface area contributed by atoms with E-state index in [2.05, 4.69) is 30.6 Å². The summed E-state index contributed by atoms with van der Waals surface area (Å²) in [4.78, 5) is 28.8. The van der Waals surface area contributed by atoms with Crippen LogP contribution in [0.25, 0.3) is 28.0 Å². The van der Waals surface area contributed by atoms with Crippen molar-refractivity contribution in [2.75, 3.05) is 18.8 Å². The van der Waals surface area contributed by atoms with Gasteiger partial charge >= 0.3 is 0 Å². The number of carbonyl (C=O) groups excluding carboxylic acids is 1. The van der Waals surface area contributed by atoms with E-state index in [0.29, 0.717) is 11.7 Å². The van der Waals surface area contributed by atoms with E-state index < -0.39 is 0 Å². The lowest BCUT2D eigenvalue weighted by atomic mass is 9.81. The topological polar surface area (TPSA) is 143 Å². The number of pyridine rings is 1. The molecule has 0 spiro atoms. The molecule has 11 nitrogen and oxygen atoms in total. The first kappa shape index (κ1) is 23.5. The van der Waals surface area contributed by atoms with Gasteiger partial charge in [0.2, 0.25) is 5.82 Å². The molecule has 6 heterocycles.